The minimum absolute atomic E-state index is 0.278. The topological polar surface area (TPSA) is 101 Å². The van der Waals surface area contributed by atoms with Gasteiger partial charge >= 0.3 is 6.03 Å². The molecule has 2 amide bonds. The molecule has 0 aliphatic carbocycles. The Hall–Kier alpha value is -3.68. The summed E-state index contributed by atoms with van der Waals surface area (Å²) in [4.78, 5) is 25.2. The number of hydrogen-bond donors (Lipinski definition) is 3. The van der Waals surface area contributed by atoms with Crippen LogP contribution in [0.15, 0.2) is 48.9 Å². The molecule has 0 saturated carbocycles. The number of anilines is 2. The van der Waals surface area contributed by atoms with E-state index in [0.29, 0.717) is 23.8 Å². The Morgan fingerprint density at radius 3 is 2.78 bits per heavy atom. The average molecular weight is 435 g/mol. The minimum Gasteiger partial charge on any atom is -0.495 e. The van der Waals surface area contributed by atoms with E-state index in [1.165, 1.54) is 5.56 Å². The number of rotatable bonds is 10. The second-order valence-electron chi connectivity index (χ2n) is 7.37. The lowest BCUT2D eigenvalue weighted by Gasteiger charge is -2.13. The highest BCUT2D eigenvalue weighted by molar-refractivity contribution is 5.91. The van der Waals surface area contributed by atoms with E-state index < -0.39 is 0 Å². The number of aryl methyl sites for hydroxylation is 2. The fourth-order valence-electron chi connectivity index (χ4n) is 3.23. The molecule has 0 unspecified atom stereocenters. The second kappa shape index (κ2) is 11.6. The van der Waals surface area contributed by atoms with Crippen LogP contribution >= 0.6 is 0 Å². The average Bonchev–Trinajstić information content (AvgIpc) is 2.81. The number of aromatic nitrogens is 3. The number of amides is 2. The van der Waals surface area contributed by atoms with E-state index in [4.69, 9.17) is 9.72 Å². The molecule has 8 nitrogen and oxygen atoms in total. The van der Waals surface area contributed by atoms with Crippen molar-refractivity contribution in [2.75, 3.05) is 30.8 Å². The predicted octanol–water partition coefficient (Wildman–Crippen LogP) is 4.43. The summed E-state index contributed by atoms with van der Waals surface area (Å²) < 4.78 is 5.45. The van der Waals surface area contributed by atoms with Crippen molar-refractivity contribution < 1.29 is 9.53 Å². The van der Waals surface area contributed by atoms with Crippen molar-refractivity contribution in [1.82, 2.24) is 20.3 Å². The number of urea groups is 1. The summed E-state index contributed by atoms with van der Waals surface area (Å²) in [5.74, 6) is 1.96. The van der Waals surface area contributed by atoms with Crippen molar-refractivity contribution in [3.05, 3.63) is 60.0 Å². The molecule has 0 aliphatic rings. The number of methoxy groups -OCH3 is 1. The van der Waals surface area contributed by atoms with Crippen molar-refractivity contribution >= 4 is 17.5 Å². The fraction of sp³-hybridized carbons (Fsp3) is 0.333. The van der Waals surface area contributed by atoms with E-state index >= 15 is 0 Å². The summed E-state index contributed by atoms with van der Waals surface area (Å²) in [7, 11) is 1.57. The predicted molar refractivity (Wildman–Crippen MR) is 127 cm³/mol. The number of hydrogen-bond acceptors (Lipinski definition) is 6. The molecule has 0 saturated heterocycles. The van der Waals surface area contributed by atoms with Gasteiger partial charge in [0, 0.05) is 42.8 Å². The number of carbonyl (C=O) groups is 1. The van der Waals surface area contributed by atoms with Gasteiger partial charge in [-0.05, 0) is 62.9 Å². The third-order valence-electron chi connectivity index (χ3n) is 4.92. The summed E-state index contributed by atoms with van der Waals surface area (Å²) in [6, 6.07) is 9.28. The van der Waals surface area contributed by atoms with Gasteiger partial charge in [-0.1, -0.05) is 6.07 Å². The summed E-state index contributed by atoms with van der Waals surface area (Å²) in [5.41, 5.74) is 3.64. The highest BCUT2D eigenvalue weighted by Crippen LogP contribution is 2.30. The maximum Gasteiger partial charge on any atom is 0.319 e. The SMILES string of the molecule is CCNC(=O)Nc1ccc(-c2ncc(C)c(NCCCCc3cccnc3)n2)cc1OC. The Kier molecular flexibility index (Phi) is 8.36. The third kappa shape index (κ3) is 6.41. The van der Waals surface area contributed by atoms with Crippen molar-refractivity contribution in [1.29, 1.82) is 0 Å². The van der Waals surface area contributed by atoms with Gasteiger partial charge in [-0.2, -0.15) is 0 Å². The number of carbonyl (C=O) groups excluding carboxylic acids is 1. The number of pyridine rings is 1. The lowest BCUT2D eigenvalue weighted by Crippen LogP contribution is -2.28. The molecule has 2 heterocycles. The third-order valence-corrected chi connectivity index (χ3v) is 4.92. The van der Waals surface area contributed by atoms with Gasteiger partial charge in [0.25, 0.3) is 0 Å². The van der Waals surface area contributed by atoms with Crippen molar-refractivity contribution in [3.63, 3.8) is 0 Å². The molecule has 0 bridgehead atoms. The van der Waals surface area contributed by atoms with E-state index in [0.717, 1.165) is 42.8 Å². The molecule has 32 heavy (non-hydrogen) atoms. The van der Waals surface area contributed by atoms with E-state index in [1.54, 1.807) is 19.4 Å². The highest BCUT2D eigenvalue weighted by Gasteiger charge is 2.11. The second-order valence-corrected chi connectivity index (χ2v) is 7.37. The van der Waals surface area contributed by atoms with Gasteiger partial charge in [0.1, 0.15) is 11.6 Å². The number of nitrogens with one attached hydrogen (secondary N) is 3. The van der Waals surface area contributed by atoms with Gasteiger partial charge in [0.2, 0.25) is 0 Å². The molecule has 2 aromatic heterocycles. The normalized spacial score (nSPS) is 10.5. The van der Waals surface area contributed by atoms with Crippen molar-refractivity contribution in [3.8, 4) is 17.1 Å². The summed E-state index contributed by atoms with van der Waals surface area (Å²) in [5, 5.41) is 8.91. The number of benzene rings is 1. The molecule has 0 spiro atoms. The van der Waals surface area contributed by atoms with Crippen LogP contribution < -0.4 is 20.7 Å². The van der Waals surface area contributed by atoms with Crippen LogP contribution in [0.3, 0.4) is 0 Å². The van der Waals surface area contributed by atoms with Crippen molar-refractivity contribution in [2.24, 2.45) is 0 Å². The maximum absolute atomic E-state index is 11.8. The largest absolute Gasteiger partial charge is 0.495 e. The first-order valence-electron chi connectivity index (χ1n) is 10.8. The summed E-state index contributed by atoms with van der Waals surface area (Å²) >= 11 is 0. The van der Waals surface area contributed by atoms with Crippen molar-refractivity contribution in [2.45, 2.75) is 33.1 Å². The zero-order valence-corrected chi connectivity index (χ0v) is 18.8. The lowest BCUT2D eigenvalue weighted by molar-refractivity contribution is 0.252. The molecule has 0 fully saturated rings. The smallest absolute Gasteiger partial charge is 0.319 e. The van der Waals surface area contributed by atoms with Crippen LogP contribution in [0.25, 0.3) is 11.4 Å². The highest BCUT2D eigenvalue weighted by atomic mass is 16.5. The molecule has 3 N–H and O–H groups in total. The molecule has 0 radical (unpaired) electrons. The molecule has 0 aliphatic heterocycles. The van der Waals surface area contributed by atoms with E-state index in [9.17, 15) is 4.79 Å². The van der Waals surface area contributed by atoms with E-state index in [-0.39, 0.29) is 6.03 Å². The van der Waals surface area contributed by atoms with Crippen LogP contribution in [0.5, 0.6) is 5.75 Å². The molecular weight excluding hydrogens is 404 g/mol. The van der Waals surface area contributed by atoms with Crippen LogP contribution in [-0.2, 0) is 6.42 Å². The van der Waals surface area contributed by atoms with Gasteiger partial charge < -0.3 is 20.7 Å². The number of unbranched alkanes of at least 4 members (excludes halogenated alkanes) is 1. The summed E-state index contributed by atoms with van der Waals surface area (Å²) in [6.45, 7) is 5.22. The summed E-state index contributed by atoms with van der Waals surface area (Å²) in [6.07, 6.45) is 8.64. The molecule has 1 aromatic carbocycles. The fourth-order valence-corrected chi connectivity index (χ4v) is 3.23. The lowest BCUT2D eigenvalue weighted by atomic mass is 10.1. The molecular formula is C24H30N6O2. The van der Waals surface area contributed by atoms with E-state index in [1.807, 2.05) is 44.4 Å². The first-order valence-corrected chi connectivity index (χ1v) is 10.8. The van der Waals surface area contributed by atoms with Crippen LogP contribution in [0.1, 0.15) is 30.9 Å². The Balaban J connectivity index is 1.63. The zero-order valence-electron chi connectivity index (χ0n) is 18.8. The quantitative estimate of drug-likeness (QED) is 0.408. The standard InChI is InChI=1S/C24H30N6O2/c1-4-26-24(31)29-20-11-10-19(14-21(20)32-3)23-28-15-17(2)22(30-23)27-13-6-5-8-18-9-7-12-25-16-18/h7,9-12,14-16H,4-6,8,13H2,1-3H3,(H2,26,29,31)(H,27,28,30). The first-order chi connectivity index (χ1) is 15.6. The molecule has 8 heteroatoms. The Bertz CT molecular complexity index is 1030. The minimum atomic E-state index is -0.278. The van der Waals surface area contributed by atoms with Gasteiger partial charge in [-0.25, -0.2) is 14.8 Å². The Morgan fingerprint density at radius 2 is 2.03 bits per heavy atom. The number of nitrogens with zero attached hydrogens (tertiary/aromatic N) is 3. The van der Waals surface area contributed by atoms with Gasteiger partial charge in [-0.15, -0.1) is 0 Å². The van der Waals surface area contributed by atoms with Gasteiger partial charge in [-0.3, -0.25) is 4.98 Å². The first kappa shape index (κ1) is 23.0. The van der Waals surface area contributed by atoms with Crippen LogP contribution in [0, 0.1) is 6.92 Å². The van der Waals surface area contributed by atoms with Crippen LogP contribution in [0.4, 0.5) is 16.3 Å². The number of ether oxygens (including phenoxy) is 1. The Labute approximate surface area is 188 Å². The monoisotopic (exact) mass is 434 g/mol. The molecule has 3 aromatic rings. The van der Waals surface area contributed by atoms with Crippen LogP contribution in [-0.4, -0.2) is 41.2 Å². The molecule has 3 rings (SSSR count). The van der Waals surface area contributed by atoms with E-state index in [2.05, 4.69) is 32.0 Å². The van der Waals surface area contributed by atoms with Gasteiger partial charge in [0.05, 0.1) is 12.8 Å². The molecule has 0 atom stereocenters. The zero-order chi connectivity index (χ0) is 22.8. The Morgan fingerprint density at radius 1 is 1.16 bits per heavy atom. The molecule has 168 valence electrons. The van der Waals surface area contributed by atoms with Gasteiger partial charge in [0.15, 0.2) is 5.82 Å². The maximum atomic E-state index is 11.8. The van der Waals surface area contributed by atoms with Crippen LogP contribution in [0.2, 0.25) is 0 Å².